The zero-order valence-electron chi connectivity index (χ0n) is 13.5. The first kappa shape index (κ1) is 16.0. The summed E-state index contributed by atoms with van der Waals surface area (Å²) in [6.07, 6.45) is 5.24. The first-order valence-electron chi connectivity index (χ1n) is 7.87. The van der Waals surface area contributed by atoms with E-state index in [1.54, 1.807) is 0 Å². The number of hydrogen-bond donors (Lipinski definition) is 1. The van der Waals surface area contributed by atoms with Gasteiger partial charge in [-0.25, -0.2) is 0 Å². The molecule has 0 aromatic rings. The molecule has 2 heteroatoms. The van der Waals surface area contributed by atoms with Crippen LogP contribution in [0.4, 0.5) is 0 Å². The van der Waals surface area contributed by atoms with E-state index in [0.717, 1.165) is 5.92 Å². The van der Waals surface area contributed by atoms with Gasteiger partial charge < -0.3 is 5.32 Å². The SMILES string of the molecule is CCC(CC)(CC)N1CCC(CNC(C)(C)C)C1. The molecule has 0 aliphatic carbocycles. The highest BCUT2D eigenvalue weighted by Gasteiger charge is 2.36. The van der Waals surface area contributed by atoms with E-state index in [1.807, 2.05) is 0 Å². The summed E-state index contributed by atoms with van der Waals surface area (Å²) in [6.45, 7) is 17.6. The van der Waals surface area contributed by atoms with Crippen molar-refractivity contribution in [2.45, 2.75) is 78.3 Å². The van der Waals surface area contributed by atoms with E-state index in [4.69, 9.17) is 0 Å². The van der Waals surface area contributed by atoms with Crippen molar-refractivity contribution < 1.29 is 0 Å². The van der Waals surface area contributed by atoms with Gasteiger partial charge in [0.25, 0.3) is 0 Å². The van der Waals surface area contributed by atoms with Crippen molar-refractivity contribution in [2.75, 3.05) is 19.6 Å². The first-order valence-corrected chi connectivity index (χ1v) is 7.87. The summed E-state index contributed by atoms with van der Waals surface area (Å²) >= 11 is 0. The van der Waals surface area contributed by atoms with Gasteiger partial charge in [-0.15, -0.1) is 0 Å². The minimum Gasteiger partial charge on any atom is -0.312 e. The molecule has 1 saturated heterocycles. The van der Waals surface area contributed by atoms with Gasteiger partial charge in [0.1, 0.15) is 0 Å². The molecular weight excluding hydrogens is 220 g/mol. The summed E-state index contributed by atoms with van der Waals surface area (Å²) in [7, 11) is 0. The normalized spacial score (nSPS) is 22.7. The number of hydrogen-bond acceptors (Lipinski definition) is 2. The topological polar surface area (TPSA) is 15.3 Å². The van der Waals surface area contributed by atoms with Gasteiger partial charge in [-0.2, -0.15) is 0 Å². The maximum atomic E-state index is 3.66. The lowest BCUT2D eigenvalue weighted by atomic mass is 9.88. The molecule has 1 N–H and O–H groups in total. The Bertz CT molecular complexity index is 230. The van der Waals surface area contributed by atoms with Crippen molar-refractivity contribution in [3.05, 3.63) is 0 Å². The maximum Gasteiger partial charge on any atom is 0.0201 e. The van der Waals surface area contributed by atoms with E-state index in [2.05, 4.69) is 51.8 Å². The number of nitrogens with zero attached hydrogens (tertiary/aromatic N) is 1. The van der Waals surface area contributed by atoms with Gasteiger partial charge in [0.15, 0.2) is 0 Å². The second-order valence-corrected chi connectivity index (χ2v) is 7.02. The maximum absolute atomic E-state index is 3.66. The van der Waals surface area contributed by atoms with Crippen LogP contribution >= 0.6 is 0 Å². The van der Waals surface area contributed by atoms with Crippen LogP contribution in [0.1, 0.15) is 67.2 Å². The van der Waals surface area contributed by atoms with Gasteiger partial charge >= 0.3 is 0 Å². The average molecular weight is 254 g/mol. The smallest absolute Gasteiger partial charge is 0.0201 e. The minimum absolute atomic E-state index is 0.255. The van der Waals surface area contributed by atoms with E-state index < -0.39 is 0 Å². The molecule has 0 bridgehead atoms. The molecule has 0 saturated carbocycles. The Hall–Kier alpha value is -0.0800. The fourth-order valence-electron chi connectivity index (χ4n) is 3.30. The molecule has 2 nitrogen and oxygen atoms in total. The van der Waals surface area contributed by atoms with Crippen LogP contribution in [0.3, 0.4) is 0 Å². The van der Waals surface area contributed by atoms with Crippen LogP contribution in [0.2, 0.25) is 0 Å². The van der Waals surface area contributed by atoms with Crippen LogP contribution in [0.25, 0.3) is 0 Å². The molecule has 0 aromatic heterocycles. The van der Waals surface area contributed by atoms with Crippen LogP contribution in [0.5, 0.6) is 0 Å². The summed E-state index contributed by atoms with van der Waals surface area (Å²) in [5.74, 6) is 0.841. The van der Waals surface area contributed by atoms with E-state index in [1.165, 1.54) is 45.3 Å². The Balaban J connectivity index is 2.50. The second-order valence-electron chi connectivity index (χ2n) is 7.02. The molecule has 1 fully saturated rings. The molecule has 0 aromatic carbocycles. The highest BCUT2D eigenvalue weighted by Crippen LogP contribution is 2.32. The molecule has 0 spiro atoms. The third-order valence-electron chi connectivity index (χ3n) is 4.85. The molecule has 0 radical (unpaired) electrons. The lowest BCUT2D eigenvalue weighted by Gasteiger charge is -2.40. The van der Waals surface area contributed by atoms with Crippen molar-refractivity contribution in [1.82, 2.24) is 10.2 Å². The Labute approximate surface area is 115 Å². The fraction of sp³-hybridized carbons (Fsp3) is 1.00. The van der Waals surface area contributed by atoms with Gasteiger partial charge in [-0.05, 0) is 65.5 Å². The van der Waals surface area contributed by atoms with Crippen molar-refractivity contribution >= 4 is 0 Å². The first-order chi connectivity index (χ1) is 8.37. The van der Waals surface area contributed by atoms with Crippen LogP contribution in [-0.4, -0.2) is 35.6 Å². The lowest BCUT2D eigenvalue weighted by molar-refractivity contribution is 0.0959. The quantitative estimate of drug-likeness (QED) is 0.778. The Morgan fingerprint density at radius 2 is 1.61 bits per heavy atom. The molecule has 1 rings (SSSR count). The van der Waals surface area contributed by atoms with Gasteiger partial charge in [-0.3, -0.25) is 4.90 Å². The van der Waals surface area contributed by atoms with E-state index >= 15 is 0 Å². The Morgan fingerprint density at radius 1 is 1.06 bits per heavy atom. The van der Waals surface area contributed by atoms with Gasteiger partial charge in [0.2, 0.25) is 0 Å². The molecule has 108 valence electrons. The molecule has 18 heavy (non-hydrogen) atoms. The predicted octanol–water partition coefficient (Wildman–Crippen LogP) is 3.67. The molecule has 1 heterocycles. The molecule has 1 aliphatic rings. The molecular formula is C16H34N2. The zero-order chi connectivity index (χ0) is 13.8. The standard InChI is InChI=1S/C16H34N2/c1-7-16(8-2,9-3)18-11-10-14(13-18)12-17-15(4,5)6/h14,17H,7-13H2,1-6H3. The third-order valence-corrected chi connectivity index (χ3v) is 4.85. The number of likely N-dealkylation sites (tertiary alicyclic amines) is 1. The highest BCUT2D eigenvalue weighted by molar-refractivity contribution is 4.92. The van der Waals surface area contributed by atoms with Crippen LogP contribution in [-0.2, 0) is 0 Å². The summed E-state index contributed by atoms with van der Waals surface area (Å²) < 4.78 is 0. The average Bonchev–Trinajstić information content (AvgIpc) is 2.78. The van der Waals surface area contributed by atoms with E-state index in [-0.39, 0.29) is 5.54 Å². The van der Waals surface area contributed by atoms with Gasteiger partial charge in [0.05, 0.1) is 0 Å². The minimum atomic E-state index is 0.255. The number of rotatable bonds is 6. The number of nitrogens with one attached hydrogen (secondary N) is 1. The Morgan fingerprint density at radius 3 is 2.06 bits per heavy atom. The van der Waals surface area contributed by atoms with Crippen molar-refractivity contribution in [1.29, 1.82) is 0 Å². The van der Waals surface area contributed by atoms with Gasteiger partial charge in [-0.1, -0.05) is 20.8 Å². The van der Waals surface area contributed by atoms with Crippen molar-refractivity contribution in [3.8, 4) is 0 Å². The zero-order valence-corrected chi connectivity index (χ0v) is 13.5. The molecule has 1 unspecified atom stereocenters. The summed E-state index contributed by atoms with van der Waals surface area (Å²) in [5, 5.41) is 3.66. The largest absolute Gasteiger partial charge is 0.312 e. The van der Waals surface area contributed by atoms with Crippen LogP contribution < -0.4 is 5.32 Å². The molecule has 1 atom stereocenters. The monoisotopic (exact) mass is 254 g/mol. The summed E-state index contributed by atoms with van der Waals surface area (Å²) in [5.41, 5.74) is 0.723. The third kappa shape index (κ3) is 3.96. The Kier molecular flexibility index (Phi) is 5.67. The van der Waals surface area contributed by atoms with Gasteiger partial charge in [0, 0.05) is 17.6 Å². The van der Waals surface area contributed by atoms with Crippen molar-refractivity contribution in [2.24, 2.45) is 5.92 Å². The highest BCUT2D eigenvalue weighted by atomic mass is 15.2. The lowest BCUT2D eigenvalue weighted by Crippen LogP contribution is -2.47. The van der Waals surface area contributed by atoms with Crippen LogP contribution in [0.15, 0.2) is 0 Å². The predicted molar refractivity (Wildman–Crippen MR) is 81.0 cm³/mol. The van der Waals surface area contributed by atoms with E-state index in [0.29, 0.717) is 5.54 Å². The van der Waals surface area contributed by atoms with Crippen LogP contribution in [0, 0.1) is 5.92 Å². The summed E-state index contributed by atoms with van der Waals surface area (Å²) in [4.78, 5) is 2.77. The fourth-order valence-corrected chi connectivity index (χ4v) is 3.30. The molecule has 0 amide bonds. The summed E-state index contributed by atoms with van der Waals surface area (Å²) in [6, 6.07) is 0. The van der Waals surface area contributed by atoms with E-state index in [9.17, 15) is 0 Å². The molecule has 1 aliphatic heterocycles. The second kappa shape index (κ2) is 6.38. The van der Waals surface area contributed by atoms with Crippen molar-refractivity contribution in [3.63, 3.8) is 0 Å².